The molecule has 0 aromatic rings. The minimum absolute atomic E-state index is 2.91. The highest BCUT2D eigenvalue weighted by atomic mass is 35.6. The van der Waals surface area contributed by atoms with Crippen LogP contribution in [0.4, 0.5) is 0 Å². The number of hydrogen-bond acceptors (Lipinski definition) is 0. The third-order valence-electron chi connectivity index (χ3n) is 7.81. The van der Waals surface area contributed by atoms with Gasteiger partial charge in [-0.3, -0.25) is 0 Å². The molecule has 0 nitrogen and oxygen atoms in total. The molecule has 44 heteroatoms. The van der Waals surface area contributed by atoms with E-state index < -0.39 is 89.9 Å². The van der Waals surface area contributed by atoms with E-state index in [0.29, 0.717) is 0 Å². The second-order valence-corrected chi connectivity index (χ2v) is 41.7. The zero-order valence-corrected chi connectivity index (χ0v) is 60.4. The van der Waals surface area contributed by atoms with Crippen molar-refractivity contribution in [2.24, 2.45) is 0 Å². The molecule has 0 aliphatic heterocycles. The standard InChI is InChI=1S/C21Cl44/c22-1(23,2(24,25)4(28,29)6(32,33)8(36,37)10(40,41)12(44,45)14(48,49)16(52,53)18(56,57)20(60,61)62)3(26,27)5(30,31)7(34,35)9(38,39)11(42,43)13(46,47)15(50,51)17(54,55)19(58,59)21(63,64)65. The molecule has 0 saturated carbocycles. The van der Waals surface area contributed by atoms with Gasteiger partial charge in [-0.2, -0.15) is 0 Å². The van der Waals surface area contributed by atoms with Gasteiger partial charge < -0.3 is 0 Å². The maximum Gasteiger partial charge on any atom is 0.226 e. The van der Waals surface area contributed by atoms with Gasteiger partial charge in [-0.05, 0) is 0 Å². The van der Waals surface area contributed by atoms with Gasteiger partial charge in [0.15, 0.2) is 73.7 Å². The Labute approximate surface area is 589 Å². The fourth-order valence-electron chi connectivity index (χ4n) is 3.71. The summed E-state index contributed by atoms with van der Waals surface area (Å²) in [5, 5.41) is 0. The first kappa shape index (κ1) is 77.8. The van der Waals surface area contributed by atoms with Crippen LogP contribution in [0.5, 0.6) is 0 Å². The molecule has 0 bridgehead atoms. The smallest absolute Gasteiger partial charge is 0.0946 e. The van der Waals surface area contributed by atoms with Crippen molar-refractivity contribution in [2.45, 2.75) is 89.9 Å². The Morgan fingerprint density at radius 3 is 0.169 bits per heavy atom. The molecule has 0 saturated heterocycles. The maximum absolute atomic E-state index is 6.63. The Kier molecular flexibility index (Phi) is 27.4. The van der Waals surface area contributed by atoms with Gasteiger partial charge in [-0.15, -0.1) is 0 Å². The lowest BCUT2D eigenvalue weighted by molar-refractivity contribution is 0.386. The number of hydrogen-bond donors (Lipinski definition) is 0. The molecule has 0 fully saturated rings. The lowest BCUT2D eigenvalue weighted by Crippen LogP contribution is -2.76. The van der Waals surface area contributed by atoms with Crippen molar-refractivity contribution in [3.8, 4) is 0 Å². The van der Waals surface area contributed by atoms with E-state index in [4.69, 9.17) is 510 Å². The molecule has 0 rings (SSSR count). The van der Waals surface area contributed by atoms with Gasteiger partial charge in [0, 0.05) is 0 Å². The normalized spacial score (nSPS) is 17.5. The van der Waals surface area contributed by atoms with Crippen molar-refractivity contribution in [3.63, 3.8) is 0 Å². The van der Waals surface area contributed by atoms with Crippen molar-refractivity contribution in [3.05, 3.63) is 0 Å². The number of rotatable bonds is 18. The minimum Gasteiger partial charge on any atom is -0.0946 e. The highest BCUT2D eigenvalue weighted by Crippen LogP contribution is 2.80. The maximum atomic E-state index is 6.63. The lowest BCUT2D eigenvalue weighted by Gasteiger charge is -2.59. The first-order valence-corrected chi connectivity index (χ1v) is 29.9. The van der Waals surface area contributed by atoms with Crippen LogP contribution in [0.15, 0.2) is 0 Å². The van der Waals surface area contributed by atoms with E-state index >= 15 is 0 Å². The molecular weight excluding hydrogens is 1810 g/mol. The van der Waals surface area contributed by atoms with Gasteiger partial charge >= 0.3 is 0 Å². The quantitative estimate of drug-likeness (QED) is 0.120. The first-order chi connectivity index (χ1) is 27.0. The van der Waals surface area contributed by atoms with Crippen molar-refractivity contribution < 1.29 is 0 Å². The van der Waals surface area contributed by atoms with Gasteiger partial charge in [0.1, 0.15) is 0 Å². The zero-order chi connectivity index (χ0) is 54.5. The topological polar surface area (TPSA) is 0 Å². The van der Waals surface area contributed by atoms with E-state index in [1.165, 1.54) is 0 Å². The van der Waals surface area contributed by atoms with E-state index in [0.717, 1.165) is 0 Å². The molecule has 392 valence electrons. The summed E-state index contributed by atoms with van der Waals surface area (Å²) >= 11 is 282. The van der Waals surface area contributed by atoms with Gasteiger partial charge in [0.2, 0.25) is 16.3 Å². The van der Waals surface area contributed by atoms with Crippen LogP contribution in [0.1, 0.15) is 0 Å². The average Bonchev–Trinajstić information content (AvgIpc) is 3.05. The molecular formula is C21Cl44. The summed E-state index contributed by atoms with van der Waals surface area (Å²) in [6, 6.07) is 0. The predicted octanol–water partition coefficient (Wildman–Crippen LogP) is 26.0. The lowest BCUT2D eigenvalue weighted by atomic mass is 9.95. The van der Waals surface area contributed by atoms with Crippen LogP contribution in [0, 0.1) is 0 Å². The molecule has 65 heavy (non-hydrogen) atoms. The van der Waals surface area contributed by atoms with E-state index in [-0.39, 0.29) is 0 Å². The third kappa shape index (κ3) is 11.5. The first-order valence-electron chi connectivity index (χ1n) is 13.3. The predicted molar refractivity (Wildman–Crippen MR) is 315 cm³/mol. The summed E-state index contributed by atoms with van der Waals surface area (Å²) in [4.78, 5) is 0. The van der Waals surface area contributed by atoms with Crippen molar-refractivity contribution in [1.29, 1.82) is 0 Å². The highest BCUT2D eigenvalue weighted by molar-refractivity contribution is 6.88. The Balaban J connectivity index is 8.03. The van der Waals surface area contributed by atoms with Gasteiger partial charge in [0.05, 0.1) is 0 Å². The monoisotopic (exact) mass is 1790 g/mol. The molecule has 0 aromatic carbocycles. The zero-order valence-electron chi connectivity index (χ0n) is 27.1. The molecule has 0 aliphatic rings. The second-order valence-electron chi connectivity index (χ2n) is 11.9. The van der Waals surface area contributed by atoms with Crippen LogP contribution in [-0.2, 0) is 0 Å². The molecule has 0 heterocycles. The SMILES string of the molecule is ClC(Cl)(Cl)C(Cl)(Cl)C(Cl)(Cl)C(Cl)(Cl)C(Cl)(Cl)C(Cl)(Cl)C(Cl)(Cl)C(Cl)(Cl)C(Cl)(Cl)C(Cl)(Cl)C(Cl)(Cl)C(Cl)(Cl)C(Cl)(Cl)C(Cl)(Cl)C(Cl)(Cl)C(Cl)(Cl)C(Cl)(Cl)C(Cl)(Cl)C(Cl)(Cl)C(Cl)(Cl)C(Cl)(Cl)Cl. The molecule has 0 unspecified atom stereocenters. The minimum atomic E-state index is -3.83. The van der Waals surface area contributed by atoms with Crippen LogP contribution in [0.25, 0.3) is 0 Å². The van der Waals surface area contributed by atoms with Crippen LogP contribution in [-0.4, -0.2) is 89.9 Å². The fourth-order valence-corrected chi connectivity index (χ4v) is 18.6. The van der Waals surface area contributed by atoms with Crippen LogP contribution >= 0.6 is 510 Å². The largest absolute Gasteiger partial charge is 0.226 e. The highest BCUT2D eigenvalue weighted by Gasteiger charge is 2.89. The van der Waals surface area contributed by atoms with Gasteiger partial charge in [-0.25, -0.2) is 0 Å². The Morgan fingerprint density at radius 1 is 0.0769 bits per heavy atom. The van der Waals surface area contributed by atoms with Crippen LogP contribution in [0.2, 0.25) is 0 Å². The summed E-state index contributed by atoms with van der Waals surface area (Å²) in [5.41, 5.74) is 0. The van der Waals surface area contributed by atoms with Crippen molar-refractivity contribution in [1.82, 2.24) is 0 Å². The molecule has 0 aromatic heterocycles. The second kappa shape index (κ2) is 22.9. The van der Waals surface area contributed by atoms with Crippen LogP contribution in [0.3, 0.4) is 0 Å². The summed E-state index contributed by atoms with van der Waals surface area (Å²) in [7, 11) is 0. The number of halogens is 44. The van der Waals surface area contributed by atoms with Crippen LogP contribution < -0.4 is 0 Å². The van der Waals surface area contributed by atoms with E-state index in [1.54, 1.807) is 0 Å². The number of alkyl halides is 44. The summed E-state index contributed by atoms with van der Waals surface area (Å²) in [5.74, 6) is 0. The molecule has 0 N–H and O–H groups in total. The summed E-state index contributed by atoms with van der Waals surface area (Å²) in [6.07, 6.45) is 0. The Morgan fingerprint density at radius 2 is 0.123 bits per heavy atom. The van der Waals surface area contributed by atoms with Crippen molar-refractivity contribution in [2.75, 3.05) is 0 Å². The summed E-state index contributed by atoms with van der Waals surface area (Å²) in [6.45, 7) is 0. The molecule has 0 spiro atoms. The molecule has 0 radical (unpaired) electrons. The van der Waals surface area contributed by atoms with E-state index in [2.05, 4.69) is 0 Å². The van der Waals surface area contributed by atoms with Gasteiger partial charge in [-0.1, -0.05) is 510 Å². The van der Waals surface area contributed by atoms with Crippen molar-refractivity contribution >= 4 is 510 Å². The Hall–Kier alpha value is 12.8. The Bertz CT molecular complexity index is 1600. The molecule has 0 amide bonds. The molecule has 0 aliphatic carbocycles. The van der Waals surface area contributed by atoms with E-state index in [9.17, 15) is 0 Å². The third-order valence-corrected chi connectivity index (χ3v) is 39.2. The fraction of sp³-hybridized carbons (Fsp3) is 1.00. The van der Waals surface area contributed by atoms with Gasteiger partial charge in [0.25, 0.3) is 0 Å². The average molecular weight is 1810 g/mol. The van der Waals surface area contributed by atoms with E-state index in [1.807, 2.05) is 0 Å². The molecule has 0 atom stereocenters. The summed E-state index contributed by atoms with van der Waals surface area (Å²) < 4.78 is -74.4.